The summed E-state index contributed by atoms with van der Waals surface area (Å²) >= 11 is 0. The Hall–Kier alpha value is -2.99. The van der Waals surface area contributed by atoms with Gasteiger partial charge in [-0.25, -0.2) is 8.42 Å². The van der Waals surface area contributed by atoms with Crippen LogP contribution in [0.4, 0.5) is 0 Å². The summed E-state index contributed by atoms with van der Waals surface area (Å²) in [6.07, 6.45) is 1.33. The summed E-state index contributed by atoms with van der Waals surface area (Å²) in [7, 11) is -3.90. The highest BCUT2D eigenvalue weighted by Crippen LogP contribution is 2.21. The Bertz CT molecular complexity index is 1020. The fourth-order valence-electron chi connectivity index (χ4n) is 3.71. The smallest absolute Gasteiger partial charge is 0.322 e. The number of sulfonamides is 1. The van der Waals surface area contributed by atoms with E-state index < -0.39 is 40.4 Å². The largest absolute Gasteiger partial charge is 0.480 e. The number of nitrogens with one attached hydrogen (secondary N) is 3. The number of carbonyl (C=O) groups excluding carboxylic acids is 3. The standard InChI is InChI=1S/C23H34N4O7S/c1-4-16(3)21(26-35(33,34)18-7-5-15(2)6-8-18)23(32)27-11-9-17(10-12-27)22(31)25-13-19(28)24-14-20(29)30/h5-8,16-17,21,26H,4,9-14H2,1-3H3,(H,24,28)(H,25,31)(H,29,30)/t16-,21-/m0/s1. The van der Waals surface area contributed by atoms with E-state index in [0.29, 0.717) is 19.3 Å². The highest BCUT2D eigenvalue weighted by atomic mass is 32.2. The molecule has 1 heterocycles. The van der Waals surface area contributed by atoms with Gasteiger partial charge in [-0.2, -0.15) is 4.72 Å². The molecule has 1 aliphatic heterocycles. The van der Waals surface area contributed by atoms with Crippen LogP contribution in [-0.2, 0) is 29.2 Å². The molecule has 1 aromatic carbocycles. The van der Waals surface area contributed by atoms with Crippen LogP contribution in [0.5, 0.6) is 0 Å². The topological polar surface area (TPSA) is 162 Å². The molecule has 35 heavy (non-hydrogen) atoms. The number of aliphatic carboxylic acids is 1. The lowest BCUT2D eigenvalue weighted by Crippen LogP contribution is -2.54. The summed E-state index contributed by atoms with van der Waals surface area (Å²) in [5.41, 5.74) is 0.923. The average Bonchev–Trinajstić information content (AvgIpc) is 2.84. The van der Waals surface area contributed by atoms with E-state index in [1.807, 2.05) is 20.8 Å². The number of likely N-dealkylation sites (tertiary alicyclic amines) is 1. The molecular weight excluding hydrogens is 476 g/mol. The van der Waals surface area contributed by atoms with Gasteiger partial charge in [0.05, 0.1) is 11.4 Å². The van der Waals surface area contributed by atoms with Gasteiger partial charge >= 0.3 is 5.97 Å². The molecule has 1 aliphatic rings. The molecule has 1 saturated heterocycles. The van der Waals surface area contributed by atoms with Gasteiger partial charge in [-0.15, -0.1) is 0 Å². The molecule has 1 aromatic rings. The number of carboxylic acid groups (broad SMARTS) is 1. The van der Waals surface area contributed by atoms with Crippen molar-refractivity contribution in [1.29, 1.82) is 0 Å². The maximum absolute atomic E-state index is 13.3. The minimum absolute atomic E-state index is 0.0898. The van der Waals surface area contributed by atoms with Crippen molar-refractivity contribution < 1.29 is 32.7 Å². The van der Waals surface area contributed by atoms with Crippen molar-refractivity contribution in [2.75, 3.05) is 26.2 Å². The fraction of sp³-hybridized carbons (Fsp3) is 0.565. The van der Waals surface area contributed by atoms with Crippen molar-refractivity contribution in [3.8, 4) is 0 Å². The molecule has 0 radical (unpaired) electrons. The zero-order valence-electron chi connectivity index (χ0n) is 20.2. The summed E-state index contributed by atoms with van der Waals surface area (Å²) < 4.78 is 28.4. The Morgan fingerprint density at radius 1 is 1.06 bits per heavy atom. The summed E-state index contributed by atoms with van der Waals surface area (Å²) in [5.74, 6) is -3.11. The van der Waals surface area contributed by atoms with Crippen molar-refractivity contribution >= 4 is 33.7 Å². The third kappa shape index (κ3) is 8.32. The minimum Gasteiger partial charge on any atom is -0.480 e. The molecular formula is C23H34N4O7S. The third-order valence-electron chi connectivity index (χ3n) is 6.13. The maximum Gasteiger partial charge on any atom is 0.322 e. The summed E-state index contributed by atoms with van der Waals surface area (Å²) in [4.78, 5) is 49.4. The monoisotopic (exact) mass is 510 g/mol. The van der Waals surface area contributed by atoms with Crippen molar-refractivity contribution in [2.24, 2.45) is 11.8 Å². The molecule has 0 spiro atoms. The van der Waals surface area contributed by atoms with Gasteiger partial charge in [0.2, 0.25) is 27.7 Å². The number of nitrogens with zero attached hydrogens (tertiary/aromatic N) is 1. The van der Waals surface area contributed by atoms with Gasteiger partial charge in [-0.3, -0.25) is 19.2 Å². The quantitative estimate of drug-likeness (QED) is 0.331. The highest BCUT2D eigenvalue weighted by molar-refractivity contribution is 7.89. The van der Waals surface area contributed by atoms with Crippen LogP contribution >= 0.6 is 0 Å². The molecule has 11 nitrogen and oxygen atoms in total. The van der Waals surface area contributed by atoms with E-state index in [4.69, 9.17) is 5.11 Å². The van der Waals surface area contributed by atoms with Gasteiger partial charge in [0.25, 0.3) is 0 Å². The molecule has 0 saturated carbocycles. The second-order valence-electron chi connectivity index (χ2n) is 8.79. The van der Waals surface area contributed by atoms with Gasteiger partial charge in [0.15, 0.2) is 0 Å². The predicted molar refractivity (Wildman–Crippen MR) is 128 cm³/mol. The van der Waals surface area contributed by atoms with Crippen LogP contribution in [0.25, 0.3) is 0 Å². The minimum atomic E-state index is -3.90. The molecule has 4 N–H and O–H groups in total. The number of carboxylic acids is 1. The molecule has 0 aromatic heterocycles. The Morgan fingerprint density at radius 2 is 1.66 bits per heavy atom. The van der Waals surface area contributed by atoms with Crippen molar-refractivity contribution in [1.82, 2.24) is 20.3 Å². The SMILES string of the molecule is CC[C@H](C)[C@H](NS(=O)(=O)c1ccc(C)cc1)C(=O)N1CCC(C(=O)NCC(=O)NCC(=O)O)CC1. The molecule has 0 unspecified atom stereocenters. The molecule has 1 fully saturated rings. The van der Waals surface area contributed by atoms with Gasteiger partial charge < -0.3 is 20.6 Å². The number of amides is 3. The fourth-order valence-corrected chi connectivity index (χ4v) is 5.00. The first kappa shape index (κ1) is 28.2. The Kier molecular flexibility index (Phi) is 10.2. The van der Waals surface area contributed by atoms with Crippen molar-refractivity contribution in [3.63, 3.8) is 0 Å². The normalized spacial score (nSPS) is 16.3. The van der Waals surface area contributed by atoms with Crippen LogP contribution in [0.3, 0.4) is 0 Å². The second kappa shape index (κ2) is 12.6. The zero-order valence-corrected chi connectivity index (χ0v) is 21.1. The molecule has 2 atom stereocenters. The first-order valence-corrected chi connectivity index (χ1v) is 13.1. The molecule has 12 heteroatoms. The Balaban J connectivity index is 1.96. The third-order valence-corrected chi connectivity index (χ3v) is 7.59. The van der Waals surface area contributed by atoms with Gasteiger partial charge in [0, 0.05) is 19.0 Å². The van der Waals surface area contributed by atoms with E-state index in [1.54, 1.807) is 17.0 Å². The summed E-state index contributed by atoms with van der Waals surface area (Å²) in [6, 6.07) is 5.46. The van der Waals surface area contributed by atoms with E-state index in [1.165, 1.54) is 12.1 Å². The molecule has 2 rings (SSSR count). The van der Waals surface area contributed by atoms with Crippen LogP contribution in [0.15, 0.2) is 29.2 Å². The number of piperidine rings is 1. The van der Waals surface area contributed by atoms with Gasteiger partial charge in [-0.1, -0.05) is 38.0 Å². The van der Waals surface area contributed by atoms with Gasteiger partial charge in [-0.05, 0) is 37.8 Å². The van der Waals surface area contributed by atoms with Crippen LogP contribution in [0, 0.1) is 18.8 Å². The number of rotatable bonds is 11. The van der Waals surface area contributed by atoms with E-state index in [0.717, 1.165) is 5.56 Å². The lowest BCUT2D eigenvalue weighted by atomic mass is 9.93. The molecule has 0 bridgehead atoms. The first-order valence-electron chi connectivity index (χ1n) is 11.6. The zero-order chi connectivity index (χ0) is 26.2. The van der Waals surface area contributed by atoms with Crippen molar-refractivity contribution in [2.45, 2.75) is 51.0 Å². The van der Waals surface area contributed by atoms with E-state index in [2.05, 4.69) is 15.4 Å². The molecule has 3 amide bonds. The predicted octanol–water partition coefficient (Wildman–Crippen LogP) is 0.244. The molecule has 194 valence electrons. The average molecular weight is 511 g/mol. The maximum atomic E-state index is 13.3. The number of benzene rings is 1. The van der Waals surface area contributed by atoms with Crippen LogP contribution < -0.4 is 15.4 Å². The van der Waals surface area contributed by atoms with Crippen LogP contribution in [0.2, 0.25) is 0 Å². The van der Waals surface area contributed by atoms with Crippen LogP contribution in [0.1, 0.15) is 38.7 Å². The second-order valence-corrected chi connectivity index (χ2v) is 10.5. The van der Waals surface area contributed by atoms with Crippen LogP contribution in [-0.4, -0.2) is 74.3 Å². The number of carbonyl (C=O) groups is 4. The molecule has 0 aliphatic carbocycles. The number of hydrogen-bond acceptors (Lipinski definition) is 6. The van der Waals surface area contributed by atoms with E-state index in [9.17, 15) is 27.6 Å². The summed E-state index contributed by atoms with van der Waals surface area (Å²) in [6.45, 7) is 5.25. The first-order chi connectivity index (χ1) is 16.4. The lowest BCUT2D eigenvalue weighted by Gasteiger charge is -2.35. The number of hydrogen-bond donors (Lipinski definition) is 4. The van der Waals surface area contributed by atoms with Gasteiger partial charge in [0.1, 0.15) is 12.6 Å². The Labute approximate surface area is 205 Å². The highest BCUT2D eigenvalue weighted by Gasteiger charge is 2.35. The lowest BCUT2D eigenvalue weighted by molar-refractivity contribution is -0.139. The van der Waals surface area contributed by atoms with E-state index >= 15 is 0 Å². The van der Waals surface area contributed by atoms with E-state index in [-0.39, 0.29) is 42.3 Å². The van der Waals surface area contributed by atoms with Crippen molar-refractivity contribution in [3.05, 3.63) is 29.8 Å². The Morgan fingerprint density at radius 3 is 2.20 bits per heavy atom. The number of aryl methyl sites for hydroxylation is 1. The summed E-state index contributed by atoms with van der Waals surface area (Å²) in [5, 5.41) is 13.2.